The predicted octanol–water partition coefficient (Wildman–Crippen LogP) is 3.45. The van der Waals surface area contributed by atoms with Gasteiger partial charge in [-0.1, -0.05) is 0 Å². The third-order valence-corrected chi connectivity index (χ3v) is 4.56. The minimum atomic E-state index is -0.569. The fourth-order valence-corrected chi connectivity index (χ4v) is 2.41. The molecule has 0 spiro atoms. The van der Waals surface area contributed by atoms with Gasteiger partial charge in [0.1, 0.15) is 5.60 Å². The Kier molecular flexibility index (Phi) is 7.86. The average Bonchev–Trinajstić information content (AvgIpc) is 2.29. The van der Waals surface area contributed by atoms with Crippen molar-refractivity contribution in [2.75, 3.05) is 6.54 Å². The first-order valence-corrected chi connectivity index (χ1v) is 8.15. The summed E-state index contributed by atoms with van der Waals surface area (Å²) < 4.78 is 5.49. The van der Waals surface area contributed by atoms with E-state index in [0.717, 1.165) is 38.6 Å². The second kappa shape index (κ2) is 7.98. The molecule has 0 bridgehead atoms. The summed E-state index contributed by atoms with van der Waals surface area (Å²) in [6, 6.07) is 0.0309. The molecule has 0 heterocycles. The first-order valence-electron chi connectivity index (χ1n) is 8.15. The quantitative estimate of drug-likeness (QED) is 0.552. The molecule has 1 fully saturated rings. The summed E-state index contributed by atoms with van der Waals surface area (Å²) in [5.74, 6) is -0.173. The van der Waals surface area contributed by atoms with Crippen LogP contribution in [0, 0.1) is 5.41 Å². The smallest absolute Gasteiger partial charge is 0.313 e. The van der Waals surface area contributed by atoms with Gasteiger partial charge in [0.15, 0.2) is 0 Å². The maximum atomic E-state index is 12.3. The largest absolute Gasteiger partial charge is 0.460 e. The number of esters is 1. The van der Waals surface area contributed by atoms with Crippen LogP contribution in [0.5, 0.6) is 0 Å². The molecule has 1 aliphatic rings. The van der Waals surface area contributed by atoms with E-state index in [-0.39, 0.29) is 24.4 Å². The minimum absolute atomic E-state index is 0. The lowest BCUT2D eigenvalue weighted by Gasteiger charge is -2.37. The van der Waals surface area contributed by atoms with Gasteiger partial charge in [-0.25, -0.2) is 0 Å². The Hall–Kier alpha value is -0.320. The molecule has 0 aliphatic heterocycles. The second-order valence-corrected chi connectivity index (χ2v) is 8.08. The number of aliphatic hydroxyl groups is 1. The molecule has 2 N–H and O–H groups in total. The first kappa shape index (κ1) is 21.7. The van der Waals surface area contributed by atoms with Crippen LogP contribution in [0.1, 0.15) is 73.6 Å². The zero-order chi connectivity index (χ0) is 16.3. The molecule has 132 valence electrons. The Morgan fingerprint density at radius 3 is 2.23 bits per heavy atom. The third kappa shape index (κ3) is 6.43. The number of nitrogens with one attached hydrogen (secondary N) is 1. The van der Waals surface area contributed by atoms with E-state index in [9.17, 15) is 9.90 Å². The summed E-state index contributed by atoms with van der Waals surface area (Å²) in [5, 5.41) is 13.4. The summed E-state index contributed by atoms with van der Waals surface area (Å²) in [4.78, 5) is 12.3. The van der Waals surface area contributed by atoms with Gasteiger partial charge < -0.3 is 15.2 Å². The van der Waals surface area contributed by atoms with Crippen molar-refractivity contribution >= 4 is 18.4 Å². The standard InChI is InChI=1S/C17H33NO3.ClH/c1-13(16(5,6)14(19)21-15(2,3)4)18-12-8-11-17(20)9-7-10-17;/h13,18,20H,7-12H2,1-6H3;1H. The highest BCUT2D eigenvalue weighted by Crippen LogP contribution is 2.35. The summed E-state index contributed by atoms with van der Waals surface area (Å²) in [6.45, 7) is 12.3. The van der Waals surface area contributed by atoms with E-state index in [2.05, 4.69) is 5.32 Å². The molecule has 0 amide bonds. The van der Waals surface area contributed by atoms with E-state index in [1.165, 1.54) is 0 Å². The number of hydrogen-bond donors (Lipinski definition) is 2. The molecule has 22 heavy (non-hydrogen) atoms. The normalized spacial score (nSPS) is 18.9. The molecular formula is C17H34ClNO3. The molecule has 4 nitrogen and oxygen atoms in total. The van der Waals surface area contributed by atoms with Crippen molar-refractivity contribution in [2.45, 2.75) is 90.9 Å². The maximum absolute atomic E-state index is 12.3. The van der Waals surface area contributed by atoms with Gasteiger partial charge in [0, 0.05) is 6.04 Å². The van der Waals surface area contributed by atoms with E-state index in [1.54, 1.807) is 0 Å². The predicted molar refractivity (Wildman–Crippen MR) is 92.4 cm³/mol. The van der Waals surface area contributed by atoms with Gasteiger partial charge in [-0.05, 0) is 80.2 Å². The Bertz CT molecular complexity index is 359. The molecule has 0 radical (unpaired) electrons. The topological polar surface area (TPSA) is 58.6 Å². The van der Waals surface area contributed by atoms with Gasteiger partial charge >= 0.3 is 5.97 Å². The van der Waals surface area contributed by atoms with Crippen LogP contribution in [0.15, 0.2) is 0 Å². The number of carbonyl (C=O) groups excluding carboxylic acids is 1. The van der Waals surface area contributed by atoms with Gasteiger partial charge in [-0.15, -0.1) is 12.4 Å². The summed E-state index contributed by atoms with van der Waals surface area (Å²) in [7, 11) is 0. The molecule has 0 aromatic carbocycles. The average molecular weight is 336 g/mol. The van der Waals surface area contributed by atoms with Crippen molar-refractivity contribution in [1.29, 1.82) is 0 Å². The second-order valence-electron chi connectivity index (χ2n) is 8.08. The van der Waals surface area contributed by atoms with Crippen molar-refractivity contribution in [3.8, 4) is 0 Å². The number of ether oxygens (including phenoxy) is 1. The van der Waals surface area contributed by atoms with E-state index < -0.39 is 16.6 Å². The zero-order valence-corrected chi connectivity index (χ0v) is 15.8. The van der Waals surface area contributed by atoms with Gasteiger partial charge in [0.25, 0.3) is 0 Å². The van der Waals surface area contributed by atoms with Crippen LogP contribution in [0.3, 0.4) is 0 Å². The molecule has 1 atom stereocenters. The number of halogens is 1. The highest BCUT2D eigenvalue weighted by Gasteiger charge is 2.38. The van der Waals surface area contributed by atoms with Crippen LogP contribution in [-0.2, 0) is 9.53 Å². The van der Waals surface area contributed by atoms with Crippen molar-refractivity contribution < 1.29 is 14.6 Å². The van der Waals surface area contributed by atoms with Gasteiger partial charge in [-0.3, -0.25) is 4.79 Å². The van der Waals surface area contributed by atoms with Crippen molar-refractivity contribution in [3.05, 3.63) is 0 Å². The van der Waals surface area contributed by atoms with Crippen LogP contribution in [0.25, 0.3) is 0 Å². The maximum Gasteiger partial charge on any atom is 0.313 e. The Balaban J connectivity index is 0.00000441. The summed E-state index contributed by atoms with van der Waals surface area (Å²) in [5.41, 5.74) is -1.44. The van der Waals surface area contributed by atoms with E-state index in [0.29, 0.717) is 0 Å². The van der Waals surface area contributed by atoms with Gasteiger partial charge in [0.05, 0.1) is 11.0 Å². The van der Waals surface area contributed by atoms with Gasteiger partial charge in [-0.2, -0.15) is 0 Å². The zero-order valence-electron chi connectivity index (χ0n) is 15.0. The molecule has 0 saturated heterocycles. The highest BCUT2D eigenvalue weighted by molar-refractivity contribution is 5.85. The molecule has 5 heteroatoms. The van der Waals surface area contributed by atoms with E-state index in [1.807, 2.05) is 41.5 Å². The number of rotatable bonds is 7. The van der Waals surface area contributed by atoms with Crippen LogP contribution in [-0.4, -0.2) is 34.9 Å². The molecule has 1 saturated carbocycles. The lowest BCUT2D eigenvalue weighted by molar-refractivity contribution is -0.167. The molecular weight excluding hydrogens is 302 g/mol. The Morgan fingerprint density at radius 1 is 1.27 bits per heavy atom. The molecule has 0 aromatic rings. The molecule has 0 aromatic heterocycles. The minimum Gasteiger partial charge on any atom is -0.460 e. The third-order valence-electron chi connectivity index (χ3n) is 4.56. The van der Waals surface area contributed by atoms with Crippen molar-refractivity contribution in [3.63, 3.8) is 0 Å². The number of carbonyl (C=O) groups is 1. The molecule has 1 unspecified atom stereocenters. The van der Waals surface area contributed by atoms with Crippen molar-refractivity contribution in [2.24, 2.45) is 5.41 Å². The van der Waals surface area contributed by atoms with Gasteiger partial charge in [0.2, 0.25) is 0 Å². The number of hydrogen-bond acceptors (Lipinski definition) is 4. The molecule has 1 rings (SSSR count). The van der Waals surface area contributed by atoms with Crippen LogP contribution < -0.4 is 5.32 Å². The van der Waals surface area contributed by atoms with Crippen LogP contribution in [0.4, 0.5) is 0 Å². The lowest BCUT2D eigenvalue weighted by Crippen LogP contribution is -2.47. The first-order chi connectivity index (χ1) is 9.46. The summed E-state index contributed by atoms with van der Waals surface area (Å²) >= 11 is 0. The van der Waals surface area contributed by atoms with Crippen LogP contribution >= 0.6 is 12.4 Å². The van der Waals surface area contributed by atoms with E-state index in [4.69, 9.17) is 4.74 Å². The Labute approximate surface area is 141 Å². The van der Waals surface area contributed by atoms with E-state index >= 15 is 0 Å². The fourth-order valence-electron chi connectivity index (χ4n) is 2.41. The molecule has 1 aliphatic carbocycles. The fraction of sp³-hybridized carbons (Fsp3) is 0.941. The highest BCUT2D eigenvalue weighted by atomic mass is 35.5. The summed E-state index contributed by atoms with van der Waals surface area (Å²) in [6.07, 6.45) is 4.80. The SMILES string of the molecule is CC(NCCCC1(O)CCC1)C(C)(C)C(=O)OC(C)(C)C.Cl. The van der Waals surface area contributed by atoms with Crippen molar-refractivity contribution in [1.82, 2.24) is 5.32 Å². The lowest BCUT2D eigenvalue weighted by atomic mass is 9.77. The monoisotopic (exact) mass is 335 g/mol. The Morgan fingerprint density at radius 2 is 1.82 bits per heavy atom. The van der Waals surface area contributed by atoms with Crippen LogP contribution in [0.2, 0.25) is 0 Å².